The molecule has 0 fully saturated rings. The minimum absolute atomic E-state index is 0.00356. The van der Waals surface area contributed by atoms with Gasteiger partial charge in [0.25, 0.3) is 5.16 Å². The molecule has 0 aliphatic rings. The summed E-state index contributed by atoms with van der Waals surface area (Å²) in [5.74, 6) is -0.663. The molecule has 12 heteroatoms. The lowest BCUT2D eigenvalue weighted by Crippen LogP contribution is -2.12. The molecular weight excluding hydrogens is 438 g/mol. The summed E-state index contributed by atoms with van der Waals surface area (Å²) in [6.07, 6.45) is 0.873. The molecular formula is C20H17N5O6S. The Balaban J connectivity index is 2.11. The Kier molecular flexibility index (Phi) is 6.50. The number of sulfone groups is 1. The normalized spacial score (nSPS) is 10.8. The van der Waals surface area contributed by atoms with Crippen LogP contribution >= 0.6 is 0 Å². The molecule has 3 aromatic rings. The van der Waals surface area contributed by atoms with Crippen LogP contribution in [0, 0.1) is 21.4 Å². The number of aromatic nitrogens is 2. The van der Waals surface area contributed by atoms with Gasteiger partial charge in [-0.3, -0.25) is 10.1 Å². The summed E-state index contributed by atoms with van der Waals surface area (Å²) in [6.45, 7) is 0.138. The lowest BCUT2D eigenvalue weighted by atomic mass is 10.2. The van der Waals surface area contributed by atoms with E-state index in [4.69, 9.17) is 9.47 Å². The van der Waals surface area contributed by atoms with Crippen LogP contribution in [0.3, 0.4) is 0 Å². The number of hydrogen-bond donors (Lipinski definition) is 1. The van der Waals surface area contributed by atoms with Crippen LogP contribution in [0.4, 0.5) is 11.5 Å². The molecule has 11 nitrogen and oxygen atoms in total. The van der Waals surface area contributed by atoms with Gasteiger partial charge in [-0.25, -0.2) is 8.42 Å². The Labute approximate surface area is 183 Å². The summed E-state index contributed by atoms with van der Waals surface area (Å²) in [5, 5.41) is 23.1. The molecule has 0 amide bonds. The van der Waals surface area contributed by atoms with Crippen molar-refractivity contribution >= 4 is 21.3 Å². The molecule has 0 saturated carbocycles. The maximum Gasteiger partial charge on any atom is 0.373 e. The van der Waals surface area contributed by atoms with Crippen LogP contribution in [0.5, 0.6) is 17.4 Å². The lowest BCUT2D eigenvalue weighted by Gasteiger charge is -2.12. The molecule has 1 aromatic heterocycles. The average molecular weight is 455 g/mol. The summed E-state index contributed by atoms with van der Waals surface area (Å²) in [6, 6.07) is 15.0. The molecule has 0 saturated heterocycles. The van der Waals surface area contributed by atoms with Crippen molar-refractivity contribution in [3.05, 3.63) is 69.8 Å². The van der Waals surface area contributed by atoms with Crippen LogP contribution in [0.25, 0.3) is 0 Å². The highest BCUT2D eigenvalue weighted by Crippen LogP contribution is 2.37. The fraction of sp³-hybridized carbons (Fsp3) is 0.150. The van der Waals surface area contributed by atoms with Gasteiger partial charge in [0, 0.05) is 18.9 Å². The van der Waals surface area contributed by atoms with Crippen LogP contribution in [-0.4, -0.2) is 36.7 Å². The summed E-state index contributed by atoms with van der Waals surface area (Å²) in [7, 11) is -2.56. The van der Waals surface area contributed by atoms with Crippen molar-refractivity contribution in [2.45, 2.75) is 11.7 Å². The van der Waals surface area contributed by atoms with Crippen LogP contribution in [0.1, 0.15) is 11.1 Å². The zero-order valence-electron chi connectivity index (χ0n) is 17.0. The van der Waals surface area contributed by atoms with Gasteiger partial charge in [0.05, 0.1) is 23.7 Å². The number of ether oxygens (including phenoxy) is 2. The Morgan fingerprint density at radius 1 is 1.16 bits per heavy atom. The van der Waals surface area contributed by atoms with E-state index in [9.17, 15) is 23.8 Å². The van der Waals surface area contributed by atoms with Gasteiger partial charge in [-0.15, -0.1) is 0 Å². The molecule has 0 aliphatic heterocycles. The average Bonchev–Trinajstić information content (AvgIpc) is 2.76. The topological polar surface area (TPSA) is 157 Å². The monoisotopic (exact) mass is 455 g/mol. The van der Waals surface area contributed by atoms with Gasteiger partial charge in [0.15, 0.2) is 0 Å². The lowest BCUT2D eigenvalue weighted by molar-refractivity contribution is -0.385. The molecule has 0 unspecified atom stereocenters. The number of methoxy groups -OCH3 is 1. The first kappa shape index (κ1) is 22.4. The standard InChI is InChI=1S/C20H17N5O6S/c1-30-15-8-14(11-21)9-16(10-15)31-19-17(25(26)27)18(23-20(24-19)32(2,28)29)22-12-13-6-4-3-5-7-13/h3-10H,12H2,1-2H3,(H,22,23,24). The van der Waals surface area contributed by atoms with E-state index >= 15 is 0 Å². The Morgan fingerprint density at radius 2 is 1.84 bits per heavy atom. The minimum Gasteiger partial charge on any atom is -0.497 e. The molecule has 3 rings (SSSR count). The Morgan fingerprint density at radius 3 is 2.44 bits per heavy atom. The third-order valence-electron chi connectivity index (χ3n) is 4.11. The summed E-state index contributed by atoms with van der Waals surface area (Å²) >= 11 is 0. The molecule has 1 N–H and O–H groups in total. The second-order valence-electron chi connectivity index (χ2n) is 6.49. The van der Waals surface area contributed by atoms with Gasteiger partial charge in [0.1, 0.15) is 11.5 Å². The molecule has 0 bridgehead atoms. The quantitative estimate of drug-likeness (QED) is 0.304. The highest BCUT2D eigenvalue weighted by molar-refractivity contribution is 7.90. The van der Waals surface area contributed by atoms with E-state index in [1.165, 1.54) is 25.3 Å². The predicted octanol–water partition coefficient (Wildman–Crippen LogP) is 3.07. The van der Waals surface area contributed by atoms with E-state index in [0.29, 0.717) is 0 Å². The third kappa shape index (κ3) is 5.27. The van der Waals surface area contributed by atoms with E-state index in [1.54, 1.807) is 24.3 Å². The molecule has 0 atom stereocenters. The van der Waals surface area contributed by atoms with Gasteiger partial charge in [-0.1, -0.05) is 30.3 Å². The minimum atomic E-state index is -3.93. The number of nitrogens with zero attached hydrogens (tertiary/aromatic N) is 4. The van der Waals surface area contributed by atoms with Crippen molar-refractivity contribution in [2.24, 2.45) is 0 Å². The number of benzene rings is 2. The number of nitriles is 1. The smallest absolute Gasteiger partial charge is 0.373 e. The van der Waals surface area contributed by atoms with Crippen LogP contribution in [0.15, 0.2) is 53.7 Å². The second kappa shape index (κ2) is 9.27. The number of rotatable bonds is 8. The largest absolute Gasteiger partial charge is 0.497 e. The van der Waals surface area contributed by atoms with Crippen molar-refractivity contribution in [1.29, 1.82) is 5.26 Å². The second-order valence-corrected chi connectivity index (χ2v) is 8.40. The SMILES string of the molecule is COc1cc(C#N)cc(Oc2nc(S(C)(=O)=O)nc(NCc3ccccc3)c2[N+](=O)[O-])c1. The molecule has 164 valence electrons. The van der Waals surface area contributed by atoms with Gasteiger partial charge < -0.3 is 14.8 Å². The van der Waals surface area contributed by atoms with Crippen molar-refractivity contribution in [3.63, 3.8) is 0 Å². The zero-order valence-corrected chi connectivity index (χ0v) is 17.8. The first-order valence-corrected chi connectivity index (χ1v) is 10.9. The Bertz CT molecular complexity index is 1310. The third-order valence-corrected chi connectivity index (χ3v) is 4.95. The first-order chi connectivity index (χ1) is 15.2. The summed E-state index contributed by atoms with van der Waals surface area (Å²) in [5.41, 5.74) is 0.298. The van der Waals surface area contributed by atoms with Gasteiger partial charge in [0.2, 0.25) is 15.7 Å². The van der Waals surface area contributed by atoms with E-state index in [-0.39, 0.29) is 29.4 Å². The summed E-state index contributed by atoms with van der Waals surface area (Å²) < 4.78 is 34.9. The van der Waals surface area contributed by atoms with Gasteiger partial charge in [-0.2, -0.15) is 15.2 Å². The highest BCUT2D eigenvalue weighted by Gasteiger charge is 2.30. The molecule has 0 aliphatic carbocycles. The highest BCUT2D eigenvalue weighted by atomic mass is 32.2. The van der Waals surface area contributed by atoms with E-state index in [1.807, 2.05) is 12.1 Å². The Hall–Kier alpha value is -4.24. The van der Waals surface area contributed by atoms with E-state index in [2.05, 4.69) is 15.3 Å². The van der Waals surface area contributed by atoms with Crippen molar-refractivity contribution in [3.8, 4) is 23.4 Å². The van der Waals surface area contributed by atoms with Crippen LogP contribution in [0.2, 0.25) is 0 Å². The van der Waals surface area contributed by atoms with Gasteiger partial charge in [-0.05, 0) is 17.7 Å². The number of nitro groups is 1. The molecule has 32 heavy (non-hydrogen) atoms. The molecule has 1 heterocycles. The van der Waals surface area contributed by atoms with Gasteiger partial charge >= 0.3 is 11.6 Å². The number of hydrogen-bond acceptors (Lipinski definition) is 10. The van der Waals surface area contributed by atoms with Crippen molar-refractivity contribution < 1.29 is 22.8 Å². The predicted molar refractivity (Wildman–Crippen MR) is 113 cm³/mol. The van der Waals surface area contributed by atoms with Crippen molar-refractivity contribution in [2.75, 3.05) is 18.7 Å². The van der Waals surface area contributed by atoms with Crippen LogP contribution in [-0.2, 0) is 16.4 Å². The zero-order chi connectivity index (χ0) is 23.3. The fourth-order valence-electron chi connectivity index (χ4n) is 2.65. The maximum atomic E-state index is 12.1. The summed E-state index contributed by atoms with van der Waals surface area (Å²) in [4.78, 5) is 18.7. The number of anilines is 1. The number of nitrogens with one attached hydrogen (secondary N) is 1. The molecule has 0 radical (unpaired) electrons. The van der Waals surface area contributed by atoms with Crippen LogP contribution < -0.4 is 14.8 Å². The molecule has 0 spiro atoms. The van der Waals surface area contributed by atoms with E-state index < -0.39 is 31.5 Å². The molecule has 2 aromatic carbocycles. The van der Waals surface area contributed by atoms with E-state index in [0.717, 1.165) is 11.8 Å². The van der Waals surface area contributed by atoms with Crippen molar-refractivity contribution in [1.82, 2.24) is 9.97 Å². The first-order valence-electron chi connectivity index (χ1n) is 9.02. The fourth-order valence-corrected chi connectivity index (χ4v) is 3.15. The maximum absolute atomic E-state index is 12.1.